The third kappa shape index (κ3) is 2.96. The van der Waals surface area contributed by atoms with Crippen LogP contribution in [0.1, 0.15) is 22.7 Å². The molecule has 0 aromatic heterocycles. The Morgan fingerprint density at radius 1 is 1.21 bits per heavy atom. The molecule has 2 rings (SSSR count). The van der Waals surface area contributed by atoms with Gasteiger partial charge in [0.25, 0.3) is 0 Å². The number of benzene rings is 2. The van der Waals surface area contributed by atoms with E-state index in [2.05, 4.69) is 15.9 Å². The van der Waals surface area contributed by atoms with Crippen molar-refractivity contribution >= 4 is 15.9 Å². The van der Waals surface area contributed by atoms with Crippen molar-refractivity contribution in [2.24, 2.45) is 5.73 Å². The SMILES string of the molecule is COc1ccc(C(N)c2ccc(F)cc2C)cc1Br. The Kier molecular flexibility index (Phi) is 4.22. The van der Waals surface area contributed by atoms with Gasteiger partial charge >= 0.3 is 0 Å². The van der Waals surface area contributed by atoms with E-state index >= 15 is 0 Å². The maximum Gasteiger partial charge on any atom is 0.133 e. The van der Waals surface area contributed by atoms with E-state index in [1.807, 2.05) is 25.1 Å². The van der Waals surface area contributed by atoms with Crippen LogP contribution in [0.3, 0.4) is 0 Å². The predicted molar refractivity (Wildman–Crippen MR) is 77.9 cm³/mol. The van der Waals surface area contributed by atoms with E-state index in [4.69, 9.17) is 10.5 Å². The van der Waals surface area contributed by atoms with Crippen LogP contribution in [0.4, 0.5) is 4.39 Å². The van der Waals surface area contributed by atoms with E-state index in [0.717, 1.165) is 26.9 Å². The van der Waals surface area contributed by atoms with Crippen molar-refractivity contribution in [3.8, 4) is 5.75 Å². The molecule has 0 aliphatic carbocycles. The summed E-state index contributed by atoms with van der Waals surface area (Å²) in [5.74, 6) is 0.510. The molecule has 0 aliphatic rings. The molecule has 0 saturated heterocycles. The first-order valence-electron chi connectivity index (χ1n) is 5.88. The highest BCUT2D eigenvalue weighted by Crippen LogP contribution is 2.30. The molecule has 0 saturated carbocycles. The van der Waals surface area contributed by atoms with Gasteiger partial charge in [-0.25, -0.2) is 4.39 Å². The maximum atomic E-state index is 13.1. The quantitative estimate of drug-likeness (QED) is 0.928. The number of halogens is 2. The van der Waals surface area contributed by atoms with Crippen molar-refractivity contribution in [1.29, 1.82) is 0 Å². The predicted octanol–water partition coefficient (Wildman–Crippen LogP) is 3.95. The Morgan fingerprint density at radius 3 is 2.53 bits per heavy atom. The molecule has 2 N–H and O–H groups in total. The first-order chi connectivity index (χ1) is 9.02. The molecular formula is C15H15BrFNO. The van der Waals surface area contributed by atoms with Crippen LogP contribution in [-0.2, 0) is 0 Å². The van der Waals surface area contributed by atoms with Crippen LogP contribution in [0, 0.1) is 12.7 Å². The molecule has 100 valence electrons. The van der Waals surface area contributed by atoms with Gasteiger partial charge < -0.3 is 10.5 Å². The van der Waals surface area contributed by atoms with Crippen LogP contribution >= 0.6 is 15.9 Å². The zero-order chi connectivity index (χ0) is 14.0. The standard InChI is InChI=1S/C15H15BrFNO/c1-9-7-11(17)4-5-12(9)15(18)10-3-6-14(19-2)13(16)8-10/h3-8,15H,18H2,1-2H3. The average Bonchev–Trinajstić information content (AvgIpc) is 2.38. The Hall–Kier alpha value is -1.39. The van der Waals surface area contributed by atoms with Gasteiger partial charge in [-0.05, 0) is 63.8 Å². The van der Waals surface area contributed by atoms with Crippen molar-refractivity contribution in [3.63, 3.8) is 0 Å². The minimum Gasteiger partial charge on any atom is -0.496 e. The van der Waals surface area contributed by atoms with Gasteiger partial charge in [-0.3, -0.25) is 0 Å². The van der Waals surface area contributed by atoms with Crippen molar-refractivity contribution in [3.05, 3.63) is 63.4 Å². The summed E-state index contributed by atoms with van der Waals surface area (Å²) < 4.78 is 19.1. The van der Waals surface area contributed by atoms with E-state index < -0.39 is 0 Å². The van der Waals surface area contributed by atoms with E-state index in [1.54, 1.807) is 13.2 Å². The van der Waals surface area contributed by atoms with Crippen molar-refractivity contribution < 1.29 is 9.13 Å². The summed E-state index contributed by atoms with van der Waals surface area (Å²) in [7, 11) is 1.61. The van der Waals surface area contributed by atoms with Crippen molar-refractivity contribution in [2.45, 2.75) is 13.0 Å². The van der Waals surface area contributed by atoms with Crippen LogP contribution in [0.15, 0.2) is 40.9 Å². The molecule has 2 nitrogen and oxygen atoms in total. The molecule has 0 bridgehead atoms. The van der Waals surface area contributed by atoms with Gasteiger partial charge in [0.15, 0.2) is 0 Å². The molecule has 2 aromatic carbocycles. The van der Waals surface area contributed by atoms with Crippen LogP contribution < -0.4 is 10.5 Å². The molecule has 1 unspecified atom stereocenters. The normalized spacial score (nSPS) is 12.3. The number of hydrogen-bond donors (Lipinski definition) is 1. The minimum atomic E-state index is -0.289. The molecule has 2 aromatic rings. The Balaban J connectivity index is 2.38. The molecule has 0 radical (unpaired) electrons. The van der Waals surface area contributed by atoms with Crippen LogP contribution in [-0.4, -0.2) is 7.11 Å². The first kappa shape index (κ1) is 14.0. The fraction of sp³-hybridized carbons (Fsp3) is 0.200. The zero-order valence-corrected chi connectivity index (χ0v) is 12.4. The number of hydrogen-bond acceptors (Lipinski definition) is 2. The van der Waals surface area contributed by atoms with Crippen LogP contribution in [0.2, 0.25) is 0 Å². The van der Waals surface area contributed by atoms with Gasteiger partial charge in [-0.15, -0.1) is 0 Å². The summed E-state index contributed by atoms with van der Waals surface area (Å²) in [6.07, 6.45) is 0. The number of ether oxygens (including phenoxy) is 1. The lowest BCUT2D eigenvalue weighted by Crippen LogP contribution is -2.13. The highest BCUT2D eigenvalue weighted by molar-refractivity contribution is 9.10. The summed E-state index contributed by atoms with van der Waals surface area (Å²) in [6, 6.07) is 10.1. The van der Waals surface area contributed by atoms with E-state index in [1.165, 1.54) is 12.1 Å². The maximum absolute atomic E-state index is 13.1. The molecule has 4 heteroatoms. The smallest absolute Gasteiger partial charge is 0.133 e. The number of nitrogens with two attached hydrogens (primary N) is 1. The topological polar surface area (TPSA) is 35.2 Å². The molecule has 0 fully saturated rings. The second kappa shape index (κ2) is 5.72. The fourth-order valence-electron chi connectivity index (χ4n) is 2.04. The minimum absolute atomic E-state index is 0.246. The molecule has 0 heterocycles. The van der Waals surface area contributed by atoms with Gasteiger partial charge in [-0.2, -0.15) is 0 Å². The highest BCUT2D eigenvalue weighted by atomic mass is 79.9. The average molecular weight is 324 g/mol. The third-order valence-corrected chi connectivity index (χ3v) is 3.72. The summed E-state index contributed by atoms with van der Waals surface area (Å²) in [5, 5.41) is 0. The summed E-state index contributed by atoms with van der Waals surface area (Å²) in [5.41, 5.74) is 8.95. The largest absolute Gasteiger partial charge is 0.496 e. The van der Waals surface area contributed by atoms with E-state index in [0.29, 0.717) is 0 Å². The van der Waals surface area contributed by atoms with Crippen LogP contribution in [0.25, 0.3) is 0 Å². The molecular weight excluding hydrogens is 309 g/mol. The molecule has 0 aliphatic heterocycles. The van der Waals surface area contributed by atoms with Gasteiger partial charge in [0.1, 0.15) is 11.6 Å². The lowest BCUT2D eigenvalue weighted by Gasteiger charge is -2.16. The summed E-state index contributed by atoms with van der Waals surface area (Å²) in [4.78, 5) is 0. The number of methoxy groups -OCH3 is 1. The molecule has 0 amide bonds. The molecule has 0 spiro atoms. The Bertz CT molecular complexity index is 601. The van der Waals surface area contributed by atoms with Gasteiger partial charge in [0.05, 0.1) is 17.6 Å². The highest BCUT2D eigenvalue weighted by Gasteiger charge is 2.13. The van der Waals surface area contributed by atoms with Crippen LogP contribution in [0.5, 0.6) is 5.75 Å². The lowest BCUT2D eigenvalue weighted by molar-refractivity contribution is 0.412. The fourth-order valence-corrected chi connectivity index (χ4v) is 2.60. The Labute approximate surface area is 120 Å². The Morgan fingerprint density at radius 2 is 1.95 bits per heavy atom. The molecule has 19 heavy (non-hydrogen) atoms. The van der Waals surface area contributed by atoms with Gasteiger partial charge in [-0.1, -0.05) is 12.1 Å². The number of rotatable bonds is 3. The van der Waals surface area contributed by atoms with Crippen molar-refractivity contribution in [1.82, 2.24) is 0 Å². The van der Waals surface area contributed by atoms with E-state index in [9.17, 15) is 4.39 Å². The first-order valence-corrected chi connectivity index (χ1v) is 6.67. The third-order valence-electron chi connectivity index (χ3n) is 3.10. The molecule has 1 atom stereocenters. The summed E-state index contributed by atoms with van der Waals surface area (Å²) >= 11 is 3.44. The van der Waals surface area contributed by atoms with Gasteiger partial charge in [0, 0.05) is 0 Å². The number of aryl methyl sites for hydroxylation is 1. The second-order valence-corrected chi connectivity index (χ2v) is 5.23. The zero-order valence-electron chi connectivity index (χ0n) is 10.8. The lowest BCUT2D eigenvalue weighted by atomic mass is 9.96. The van der Waals surface area contributed by atoms with E-state index in [-0.39, 0.29) is 11.9 Å². The second-order valence-electron chi connectivity index (χ2n) is 4.37. The van der Waals surface area contributed by atoms with Gasteiger partial charge in [0.2, 0.25) is 0 Å². The summed E-state index contributed by atoms with van der Waals surface area (Å²) in [6.45, 7) is 1.86. The monoisotopic (exact) mass is 323 g/mol. The van der Waals surface area contributed by atoms with Crippen molar-refractivity contribution in [2.75, 3.05) is 7.11 Å².